The summed E-state index contributed by atoms with van der Waals surface area (Å²) in [7, 11) is 0. The summed E-state index contributed by atoms with van der Waals surface area (Å²) in [4.78, 5) is 17.7. The Hall–Kier alpha value is -3.13. The average Bonchev–Trinajstić information content (AvgIpc) is 3.20. The molecule has 1 aliphatic rings. The van der Waals surface area contributed by atoms with Crippen LogP contribution in [0, 0.1) is 0 Å². The molecule has 0 saturated carbocycles. The summed E-state index contributed by atoms with van der Waals surface area (Å²) in [5.41, 5.74) is 2.83. The zero-order valence-corrected chi connectivity index (χ0v) is 18.3. The third-order valence-corrected chi connectivity index (χ3v) is 5.29. The number of nitrogens with one attached hydrogen (secondary N) is 2. The summed E-state index contributed by atoms with van der Waals surface area (Å²) in [6.45, 7) is 4.51. The predicted molar refractivity (Wildman–Crippen MR) is 119 cm³/mol. The lowest BCUT2D eigenvalue weighted by Gasteiger charge is -2.30. The molecule has 2 aromatic carbocycles. The number of allylic oxidation sites excluding steroid dienone is 1. The van der Waals surface area contributed by atoms with Crippen molar-refractivity contribution in [2.75, 3.05) is 17.2 Å². The lowest BCUT2D eigenvalue weighted by Crippen LogP contribution is -2.31. The molecule has 8 heteroatoms. The molecule has 1 aromatic heterocycles. The van der Waals surface area contributed by atoms with Gasteiger partial charge in [0.15, 0.2) is 0 Å². The van der Waals surface area contributed by atoms with E-state index in [1.807, 2.05) is 55.5 Å². The zero-order chi connectivity index (χ0) is 21.1. The third kappa shape index (κ3) is 3.95. The van der Waals surface area contributed by atoms with Crippen molar-refractivity contribution in [2.24, 2.45) is 0 Å². The predicted octanol–water partition coefficient (Wildman–Crippen LogP) is 4.76. The van der Waals surface area contributed by atoms with Gasteiger partial charge in [-0.15, -0.1) is 0 Å². The van der Waals surface area contributed by atoms with Crippen LogP contribution < -0.4 is 15.4 Å². The SMILES string of the molecule is CCCOc1ccc(Br)cc1C1C(C(=O)Nc2ccccc2)=C(C)Nc2ncnn21. The van der Waals surface area contributed by atoms with Crippen LogP contribution in [0.3, 0.4) is 0 Å². The monoisotopic (exact) mass is 467 g/mol. The van der Waals surface area contributed by atoms with Crippen LogP contribution in [0.4, 0.5) is 11.6 Å². The van der Waals surface area contributed by atoms with Crippen molar-refractivity contribution in [3.63, 3.8) is 0 Å². The van der Waals surface area contributed by atoms with Gasteiger partial charge in [-0.3, -0.25) is 4.79 Å². The van der Waals surface area contributed by atoms with E-state index in [0.717, 1.165) is 27.8 Å². The van der Waals surface area contributed by atoms with Crippen LogP contribution >= 0.6 is 15.9 Å². The molecule has 1 unspecified atom stereocenters. The van der Waals surface area contributed by atoms with Gasteiger partial charge in [-0.25, -0.2) is 4.68 Å². The molecule has 3 aromatic rings. The van der Waals surface area contributed by atoms with E-state index in [0.29, 0.717) is 23.9 Å². The molecule has 0 fully saturated rings. The highest BCUT2D eigenvalue weighted by Crippen LogP contribution is 2.40. The number of hydrogen-bond donors (Lipinski definition) is 2. The van der Waals surface area contributed by atoms with Gasteiger partial charge in [0, 0.05) is 21.4 Å². The quantitative estimate of drug-likeness (QED) is 0.546. The lowest BCUT2D eigenvalue weighted by atomic mass is 9.94. The number of para-hydroxylation sites is 1. The minimum atomic E-state index is -0.489. The van der Waals surface area contributed by atoms with E-state index in [2.05, 4.69) is 43.6 Å². The van der Waals surface area contributed by atoms with Crippen LogP contribution in [0.2, 0.25) is 0 Å². The van der Waals surface area contributed by atoms with Gasteiger partial charge in [0.05, 0.1) is 12.2 Å². The molecule has 2 N–H and O–H groups in total. The number of anilines is 2. The van der Waals surface area contributed by atoms with Crippen LogP contribution in [0.1, 0.15) is 31.9 Å². The number of fused-ring (bicyclic) bond motifs is 1. The first-order valence-electron chi connectivity index (χ1n) is 9.74. The molecule has 4 rings (SSSR count). The molecule has 7 nitrogen and oxygen atoms in total. The fourth-order valence-electron chi connectivity index (χ4n) is 3.47. The molecule has 0 spiro atoms. The average molecular weight is 468 g/mol. The van der Waals surface area contributed by atoms with Crippen molar-refractivity contribution in [3.8, 4) is 5.75 Å². The number of amides is 1. The molecular formula is C22H22BrN5O2. The molecule has 1 atom stereocenters. The Morgan fingerprint density at radius 1 is 1.27 bits per heavy atom. The largest absolute Gasteiger partial charge is 0.493 e. The maximum Gasteiger partial charge on any atom is 0.255 e. The van der Waals surface area contributed by atoms with Crippen LogP contribution in [-0.2, 0) is 4.79 Å². The summed E-state index contributed by atoms with van der Waals surface area (Å²) in [6, 6.07) is 14.7. The van der Waals surface area contributed by atoms with Gasteiger partial charge in [0.25, 0.3) is 5.91 Å². The van der Waals surface area contributed by atoms with Crippen molar-refractivity contribution < 1.29 is 9.53 Å². The van der Waals surface area contributed by atoms with Gasteiger partial charge >= 0.3 is 0 Å². The van der Waals surface area contributed by atoms with Crippen molar-refractivity contribution in [1.82, 2.24) is 14.8 Å². The Kier molecular flexibility index (Phi) is 5.85. The van der Waals surface area contributed by atoms with Crippen LogP contribution in [-0.4, -0.2) is 27.3 Å². The van der Waals surface area contributed by atoms with Crippen LogP contribution in [0.25, 0.3) is 0 Å². The molecule has 0 bridgehead atoms. The Morgan fingerprint density at radius 3 is 2.83 bits per heavy atom. The fourth-order valence-corrected chi connectivity index (χ4v) is 3.85. The fraction of sp³-hybridized carbons (Fsp3) is 0.227. The molecule has 1 amide bonds. The third-order valence-electron chi connectivity index (χ3n) is 4.80. The Balaban J connectivity index is 1.81. The number of aromatic nitrogens is 3. The van der Waals surface area contributed by atoms with Crippen LogP contribution in [0.15, 0.2) is 70.6 Å². The van der Waals surface area contributed by atoms with E-state index < -0.39 is 6.04 Å². The van der Waals surface area contributed by atoms with E-state index in [1.165, 1.54) is 6.33 Å². The molecule has 0 radical (unpaired) electrons. The first-order chi connectivity index (χ1) is 14.6. The van der Waals surface area contributed by atoms with Gasteiger partial charge < -0.3 is 15.4 Å². The Labute approximate surface area is 183 Å². The maximum absolute atomic E-state index is 13.4. The number of benzene rings is 2. The topological polar surface area (TPSA) is 81.1 Å². The molecule has 30 heavy (non-hydrogen) atoms. The summed E-state index contributed by atoms with van der Waals surface area (Å²) in [5.74, 6) is 1.08. The Morgan fingerprint density at radius 2 is 2.07 bits per heavy atom. The van der Waals surface area contributed by atoms with E-state index in [-0.39, 0.29) is 5.91 Å². The highest BCUT2D eigenvalue weighted by molar-refractivity contribution is 9.10. The second-order valence-corrected chi connectivity index (χ2v) is 7.86. The van der Waals surface area contributed by atoms with Crippen molar-refractivity contribution >= 4 is 33.5 Å². The van der Waals surface area contributed by atoms with Crippen molar-refractivity contribution in [3.05, 3.63) is 76.2 Å². The normalized spacial score (nSPS) is 15.4. The number of halogens is 1. The van der Waals surface area contributed by atoms with E-state index in [1.54, 1.807) is 4.68 Å². The zero-order valence-electron chi connectivity index (χ0n) is 16.7. The van der Waals surface area contributed by atoms with Gasteiger partial charge in [-0.2, -0.15) is 10.1 Å². The second-order valence-electron chi connectivity index (χ2n) is 6.95. The molecule has 0 saturated heterocycles. The summed E-state index contributed by atoms with van der Waals surface area (Å²) >= 11 is 3.55. The minimum Gasteiger partial charge on any atom is -0.493 e. The standard InChI is InChI=1S/C22H22BrN5O2/c1-3-11-30-18-10-9-15(23)12-17(18)20-19(14(2)26-22-24-13-25-28(20)22)21(29)27-16-7-5-4-6-8-16/h4-10,12-13,20H,3,11H2,1-2H3,(H,27,29)(H,24,25,26). The first-order valence-corrected chi connectivity index (χ1v) is 10.5. The van der Waals surface area contributed by atoms with Crippen molar-refractivity contribution in [1.29, 1.82) is 0 Å². The summed E-state index contributed by atoms with van der Waals surface area (Å²) < 4.78 is 8.62. The highest BCUT2D eigenvalue weighted by atomic mass is 79.9. The number of hydrogen-bond acceptors (Lipinski definition) is 5. The number of rotatable bonds is 6. The van der Waals surface area contributed by atoms with E-state index in [9.17, 15) is 4.79 Å². The highest BCUT2D eigenvalue weighted by Gasteiger charge is 2.35. The first kappa shape index (κ1) is 20.2. The maximum atomic E-state index is 13.4. The Bertz CT molecular complexity index is 1090. The smallest absolute Gasteiger partial charge is 0.255 e. The number of ether oxygens (including phenoxy) is 1. The molecule has 0 aliphatic carbocycles. The van der Waals surface area contributed by atoms with Gasteiger partial charge in [-0.05, 0) is 43.7 Å². The van der Waals surface area contributed by atoms with Gasteiger partial charge in [0.1, 0.15) is 18.1 Å². The number of carbonyl (C=O) groups is 1. The molecule has 1 aliphatic heterocycles. The molecule has 2 heterocycles. The molecule has 154 valence electrons. The van der Waals surface area contributed by atoms with Gasteiger partial charge in [-0.1, -0.05) is 41.1 Å². The van der Waals surface area contributed by atoms with Crippen LogP contribution in [0.5, 0.6) is 5.75 Å². The van der Waals surface area contributed by atoms with Gasteiger partial charge in [0.2, 0.25) is 5.95 Å². The van der Waals surface area contributed by atoms with Crippen molar-refractivity contribution in [2.45, 2.75) is 26.3 Å². The van der Waals surface area contributed by atoms with E-state index >= 15 is 0 Å². The number of nitrogens with zero attached hydrogens (tertiary/aromatic N) is 3. The second kappa shape index (κ2) is 8.71. The van der Waals surface area contributed by atoms with E-state index in [4.69, 9.17) is 4.74 Å². The minimum absolute atomic E-state index is 0.209. The lowest BCUT2D eigenvalue weighted by molar-refractivity contribution is -0.113. The summed E-state index contributed by atoms with van der Waals surface area (Å²) in [5, 5.41) is 10.6. The number of carbonyl (C=O) groups excluding carboxylic acids is 1. The molecular weight excluding hydrogens is 446 g/mol. The summed E-state index contributed by atoms with van der Waals surface area (Å²) in [6.07, 6.45) is 2.36.